The van der Waals surface area contributed by atoms with Crippen LogP contribution in [0.25, 0.3) is 0 Å². The Morgan fingerprint density at radius 1 is 1.22 bits per heavy atom. The van der Waals surface area contributed by atoms with Gasteiger partial charge in [0.05, 0.1) is 20.8 Å². The Bertz CT molecular complexity index is 688. The van der Waals surface area contributed by atoms with Crippen molar-refractivity contribution < 1.29 is 23.8 Å². The molecule has 8 nitrogen and oxygen atoms in total. The zero-order valence-electron chi connectivity index (χ0n) is 16.1. The zero-order chi connectivity index (χ0) is 19.4. The van der Waals surface area contributed by atoms with Crippen molar-refractivity contribution in [1.29, 1.82) is 0 Å². The lowest BCUT2D eigenvalue weighted by Crippen LogP contribution is -2.50. The van der Waals surface area contributed by atoms with Crippen LogP contribution in [0.15, 0.2) is 18.2 Å². The normalized spacial score (nSPS) is 22.6. The molecule has 2 saturated heterocycles. The summed E-state index contributed by atoms with van der Waals surface area (Å²) in [5, 5.41) is 2.89. The monoisotopic (exact) mass is 377 g/mol. The first-order valence-electron chi connectivity index (χ1n) is 9.12. The lowest BCUT2D eigenvalue weighted by molar-refractivity contribution is -0.116. The van der Waals surface area contributed by atoms with Gasteiger partial charge in [0.2, 0.25) is 5.91 Å². The van der Waals surface area contributed by atoms with E-state index in [2.05, 4.69) is 10.2 Å². The molecule has 1 aromatic carbocycles. The number of nitrogens with one attached hydrogen (secondary N) is 1. The van der Waals surface area contributed by atoms with E-state index in [1.807, 2.05) is 0 Å². The highest BCUT2D eigenvalue weighted by atomic mass is 16.6. The number of likely N-dealkylation sites (tertiary alicyclic amines) is 1. The van der Waals surface area contributed by atoms with Crippen molar-refractivity contribution in [2.75, 3.05) is 52.8 Å². The molecule has 0 aromatic heterocycles. The topological polar surface area (TPSA) is 80.3 Å². The summed E-state index contributed by atoms with van der Waals surface area (Å²) in [5.74, 6) is 1.16. The lowest BCUT2D eigenvalue weighted by atomic mass is 9.92. The van der Waals surface area contributed by atoms with Crippen molar-refractivity contribution in [3.8, 4) is 11.5 Å². The van der Waals surface area contributed by atoms with Crippen LogP contribution >= 0.6 is 0 Å². The standard InChI is InChI=1S/C19H27N3O5/c1-21-12-19(27-18(21)24)6-4-7-22(13-19)8-5-17(23)20-14-9-15(25-2)11-16(10-14)26-3/h9-11H,4-8,12-13H2,1-3H3,(H,20,23)/t19-/m1/s1. The number of likely N-dealkylation sites (N-methyl/N-ethyl adjacent to an activating group) is 1. The molecule has 1 spiro atoms. The fraction of sp³-hybridized carbons (Fsp3) is 0.579. The molecule has 2 aliphatic rings. The molecule has 1 N–H and O–H groups in total. The Hall–Kier alpha value is -2.48. The third-order valence-electron chi connectivity index (χ3n) is 5.05. The molecule has 1 aromatic rings. The molecule has 0 bridgehead atoms. The summed E-state index contributed by atoms with van der Waals surface area (Å²) in [5.41, 5.74) is 0.207. The fourth-order valence-electron chi connectivity index (χ4n) is 3.75. The summed E-state index contributed by atoms with van der Waals surface area (Å²) < 4.78 is 16.0. The van der Waals surface area contributed by atoms with Crippen molar-refractivity contribution in [2.24, 2.45) is 0 Å². The molecule has 148 valence electrons. The van der Waals surface area contributed by atoms with Gasteiger partial charge in [0, 0.05) is 50.4 Å². The number of methoxy groups -OCH3 is 2. The van der Waals surface area contributed by atoms with Crippen LogP contribution in [0.4, 0.5) is 10.5 Å². The average Bonchev–Trinajstić information content (AvgIpc) is 2.92. The molecule has 27 heavy (non-hydrogen) atoms. The number of benzene rings is 1. The van der Waals surface area contributed by atoms with Crippen LogP contribution in [0.5, 0.6) is 11.5 Å². The molecule has 0 aliphatic carbocycles. The molecule has 8 heteroatoms. The highest BCUT2D eigenvalue weighted by molar-refractivity contribution is 5.91. The predicted molar refractivity (Wildman–Crippen MR) is 100 cm³/mol. The van der Waals surface area contributed by atoms with Gasteiger partial charge in [-0.05, 0) is 19.4 Å². The molecule has 2 fully saturated rings. The highest BCUT2D eigenvalue weighted by Gasteiger charge is 2.46. The highest BCUT2D eigenvalue weighted by Crippen LogP contribution is 2.31. The summed E-state index contributed by atoms with van der Waals surface area (Å²) in [4.78, 5) is 27.9. The van der Waals surface area contributed by atoms with Gasteiger partial charge in [-0.25, -0.2) is 4.79 Å². The van der Waals surface area contributed by atoms with Crippen molar-refractivity contribution in [3.63, 3.8) is 0 Å². The van der Waals surface area contributed by atoms with Gasteiger partial charge in [0.1, 0.15) is 17.1 Å². The quantitative estimate of drug-likeness (QED) is 0.816. The predicted octanol–water partition coefficient (Wildman–Crippen LogP) is 1.95. The molecule has 3 rings (SSSR count). The Morgan fingerprint density at radius 3 is 2.52 bits per heavy atom. The molecule has 1 atom stereocenters. The van der Waals surface area contributed by atoms with Gasteiger partial charge in [0.15, 0.2) is 0 Å². The van der Waals surface area contributed by atoms with E-state index in [0.29, 0.717) is 43.2 Å². The van der Waals surface area contributed by atoms with E-state index in [1.54, 1.807) is 44.4 Å². The van der Waals surface area contributed by atoms with Crippen LogP contribution in [-0.4, -0.2) is 74.8 Å². The van der Waals surface area contributed by atoms with E-state index in [4.69, 9.17) is 14.2 Å². The minimum absolute atomic E-state index is 0.0783. The van der Waals surface area contributed by atoms with E-state index in [-0.39, 0.29) is 12.0 Å². The smallest absolute Gasteiger partial charge is 0.410 e. The average molecular weight is 377 g/mol. The molecule has 0 unspecified atom stereocenters. The van der Waals surface area contributed by atoms with Crippen molar-refractivity contribution >= 4 is 17.7 Å². The van der Waals surface area contributed by atoms with Crippen LogP contribution in [0.1, 0.15) is 19.3 Å². The third-order valence-corrected chi connectivity index (χ3v) is 5.05. The number of hydrogen-bond acceptors (Lipinski definition) is 6. The van der Waals surface area contributed by atoms with Gasteiger partial charge < -0.3 is 24.4 Å². The maximum atomic E-state index is 12.4. The minimum atomic E-state index is -0.430. The maximum Gasteiger partial charge on any atom is 0.410 e. The molecule has 2 amide bonds. The largest absolute Gasteiger partial charge is 0.497 e. The Labute approximate surface area is 159 Å². The first kappa shape index (κ1) is 19.3. The number of carbonyl (C=O) groups excluding carboxylic acids is 2. The number of ether oxygens (including phenoxy) is 3. The maximum absolute atomic E-state index is 12.4. The first-order valence-corrected chi connectivity index (χ1v) is 9.12. The summed E-state index contributed by atoms with van der Waals surface area (Å²) in [7, 11) is 4.89. The first-order chi connectivity index (χ1) is 12.9. The number of hydrogen-bond donors (Lipinski definition) is 1. The number of anilines is 1. The Balaban J connectivity index is 1.53. The second kappa shape index (κ2) is 8.04. The number of amides is 2. The second-order valence-electron chi connectivity index (χ2n) is 7.19. The van der Waals surface area contributed by atoms with E-state index in [1.165, 1.54) is 0 Å². The van der Waals surface area contributed by atoms with Gasteiger partial charge in [-0.3, -0.25) is 9.69 Å². The Morgan fingerprint density at radius 2 is 1.93 bits per heavy atom. The fourth-order valence-corrected chi connectivity index (χ4v) is 3.75. The molecule has 2 heterocycles. The Kier molecular flexibility index (Phi) is 5.74. The number of carbonyl (C=O) groups is 2. The summed E-state index contributed by atoms with van der Waals surface area (Å²) in [6, 6.07) is 5.26. The number of nitrogens with zero attached hydrogens (tertiary/aromatic N) is 2. The van der Waals surface area contributed by atoms with E-state index in [9.17, 15) is 9.59 Å². The van der Waals surface area contributed by atoms with Crippen LogP contribution in [0.2, 0.25) is 0 Å². The lowest BCUT2D eigenvalue weighted by Gasteiger charge is -2.38. The van der Waals surface area contributed by atoms with Gasteiger partial charge in [0.25, 0.3) is 0 Å². The van der Waals surface area contributed by atoms with Crippen molar-refractivity contribution in [3.05, 3.63) is 18.2 Å². The molecular formula is C19H27N3O5. The van der Waals surface area contributed by atoms with Gasteiger partial charge in [-0.1, -0.05) is 0 Å². The third kappa shape index (κ3) is 4.63. The van der Waals surface area contributed by atoms with Crippen LogP contribution in [0, 0.1) is 0 Å². The van der Waals surface area contributed by atoms with Crippen LogP contribution in [-0.2, 0) is 9.53 Å². The summed E-state index contributed by atoms with van der Waals surface area (Å²) in [6.07, 6.45) is 1.92. The van der Waals surface area contributed by atoms with Crippen LogP contribution < -0.4 is 14.8 Å². The van der Waals surface area contributed by atoms with Gasteiger partial charge >= 0.3 is 6.09 Å². The van der Waals surface area contributed by atoms with E-state index in [0.717, 1.165) is 19.4 Å². The van der Waals surface area contributed by atoms with Gasteiger partial charge in [-0.15, -0.1) is 0 Å². The van der Waals surface area contributed by atoms with Gasteiger partial charge in [-0.2, -0.15) is 0 Å². The zero-order valence-corrected chi connectivity index (χ0v) is 16.1. The minimum Gasteiger partial charge on any atom is -0.497 e. The number of rotatable bonds is 6. The summed E-state index contributed by atoms with van der Waals surface area (Å²) in [6.45, 7) is 2.81. The second-order valence-corrected chi connectivity index (χ2v) is 7.19. The number of piperidine rings is 1. The molecule has 2 aliphatic heterocycles. The van der Waals surface area contributed by atoms with E-state index >= 15 is 0 Å². The molecule has 0 saturated carbocycles. The van der Waals surface area contributed by atoms with Crippen molar-refractivity contribution in [2.45, 2.75) is 24.9 Å². The van der Waals surface area contributed by atoms with Crippen molar-refractivity contribution in [1.82, 2.24) is 9.80 Å². The molecule has 0 radical (unpaired) electrons. The summed E-state index contributed by atoms with van der Waals surface area (Å²) >= 11 is 0. The SMILES string of the molecule is COc1cc(NC(=O)CCN2CCC[C@]3(C2)CN(C)C(=O)O3)cc(OC)c1. The van der Waals surface area contributed by atoms with Crippen LogP contribution in [0.3, 0.4) is 0 Å². The van der Waals surface area contributed by atoms with E-state index < -0.39 is 5.60 Å². The molecular weight excluding hydrogens is 350 g/mol.